The summed E-state index contributed by atoms with van der Waals surface area (Å²) in [6, 6.07) is 13.2. The fraction of sp³-hybridized carbons (Fsp3) is 0.250. The Bertz CT molecular complexity index is 576. The maximum Gasteiger partial charge on any atom is 0.234 e. The van der Waals surface area contributed by atoms with Gasteiger partial charge in [0.15, 0.2) is 0 Å². The summed E-state index contributed by atoms with van der Waals surface area (Å²) in [4.78, 5) is 16.2. The Morgan fingerprint density at radius 1 is 1.23 bits per heavy atom. The average Bonchev–Trinajstić information content (AvgIpc) is 2.50. The molecule has 0 aliphatic heterocycles. The summed E-state index contributed by atoms with van der Waals surface area (Å²) < 4.78 is 0. The summed E-state index contributed by atoms with van der Waals surface area (Å²) in [5, 5.41) is 6.55. The number of pyridine rings is 1. The zero-order valence-corrected chi connectivity index (χ0v) is 13.8. The van der Waals surface area contributed by atoms with Gasteiger partial charge in [0, 0.05) is 11.2 Å². The number of carbonyl (C=O) groups is 1. The second-order valence-electron chi connectivity index (χ2n) is 4.74. The number of aromatic nitrogens is 1. The lowest BCUT2D eigenvalue weighted by Gasteiger charge is -2.18. The SMILES string of the molecule is CNCC(=O)NC(Cc1ccc(Cl)cc1)c1ccccn1.Cl. The third kappa shape index (κ3) is 5.64. The fourth-order valence-corrected chi connectivity index (χ4v) is 2.20. The Balaban J connectivity index is 0.00000242. The molecule has 6 heteroatoms. The molecule has 0 spiro atoms. The molecule has 0 radical (unpaired) electrons. The number of nitrogens with one attached hydrogen (secondary N) is 2. The van der Waals surface area contributed by atoms with Gasteiger partial charge in [-0.3, -0.25) is 9.78 Å². The Labute approximate surface area is 141 Å². The smallest absolute Gasteiger partial charge is 0.234 e. The van der Waals surface area contributed by atoms with Crippen molar-refractivity contribution in [3.63, 3.8) is 0 Å². The summed E-state index contributed by atoms with van der Waals surface area (Å²) >= 11 is 5.90. The summed E-state index contributed by atoms with van der Waals surface area (Å²) in [5.41, 5.74) is 1.94. The van der Waals surface area contributed by atoms with Crippen LogP contribution >= 0.6 is 24.0 Å². The van der Waals surface area contributed by atoms with Crippen LogP contribution in [0.2, 0.25) is 5.02 Å². The normalized spacial score (nSPS) is 11.4. The molecule has 0 saturated heterocycles. The number of amides is 1. The van der Waals surface area contributed by atoms with Crippen LogP contribution in [0.1, 0.15) is 17.3 Å². The molecule has 0 bridgehead atoms. The Morgan fingerprint density at radius 3 is 2.55 bits per heavy atom. The van der Waals surface area contributed by atoms with Crippen LogP contribution < -0.4 is 10.6 Å². The largest absolute Gasteiger partial charge is 0.346 e. The molecule has 4 nitrogen and oxygen atoms in total. The summed E-state index contributed by atoms with van der Waals surface area (Å²) in [7, 11) is 1.74. The number of halogens is 2. The Hall–Kier alpha value is -1.62. The van der Waals surface area contributed by atoms with Crippen molar-refractivity contribution in [2.45, 2.75) is 12.5 Å². The number of likely N-dealkylation sites (N-methyl/N-ethyl adjacent to an activating group) is 1. The van der Waals surface area contributed by atoms with E-state index in [1.165, 1.54) is 0 Å². The summed E-state index contributed by atoms with van der Waals surface area (Å²) in [6.45, 7) is 0.282. The third-order valence-electron chi connectivity index (χ3n) is 3.07. The number of carbonyl (C=O) groups excluding carboxylic acids is 1. The van der Waals surface area contributed by atoms with Gasteiger partial charge in [-0.05, 0) is 43.3 Å². The number of rotatable bonds is 6. The van der Waals surface area contributed by atoms with Gasteiger partial charge in [-0.15, -0.1) is 12.4 Å². The molecule has 0 aliphatic rings. The summed E-state index contributed by atoms with van der Waals surface area (Å²) in [5.74, 6) is -0.0536. The van der Waals surface area contributed by atoms with Crippen LogP contribution in [0.5, 0.6) is 0 Å². The first-order chi connectivity index (χ1) is 10.2. The van der Waals surface area contributed by atoms with Crippen molar-refractivity contribution in [2.24, 2.45) is 0 Å². The van der Waals surface area contributed by atoms with Crippen molar-refractivity contribution >= 4 is 29.9 Å². The van der Waals surface area contributed by atoms with E-state index in [0.29, 0.717) is 11.4 Å². The molecule has 118 valence electrons. The second kappa shape index (κ2) is 9.41. The van der Waals surface area contributed by atoms with E-state index in [0.717, 1.165) is 11.3 Å². The molecular formula is C16H19Cl2N3O. The Kier molecular flexibility index (Phi) is 7.88. The first-order valence-electron chi connectivity index (χ1n) is 6.78. The molecule has 1 aromatic carbocycles. The molecule has 0 saturated carbocycles. The van der Waals surface area contributed by atoms with E-state index >= 15 is 0 Å². The van der Waals surface area contributed by atoms with Crippen molar-refractivity contribution in [2.75, 3.05) is 13.6 Å². The fourth-order valence-electron chi connectivity index (χ4n) is 2.07. The molecule has 0 fully saturated rings. The van der Waals surface area contributed by atoms with Gasteiger partial charge < -0.3 is 10.6 Å². The molecule has 22 heavy (non-hydrogen) atoms. The maximum absolute atomic E-state index is 11.8. The molecule has 0 aliphatic carbocycles. The van der Waals surface area contributed by atoms with Crippen LogP contribution in [-0.2, 0) is 11.2 Å². The second-order valence-corrected chi connectivity index (χ2v) is 5.17. The van der Waals surface area contributed by atoms with Crippen LogP contribution in [0, 0.1) is 0 Å². The van der Waals surface area contributed by atoms with Crippen molar-refractivity contribution < 1.29 is 4.79 Å². The van der Waals surface area contributed by atoms with E-state index < -0.39 is 0 Å². The molecule has 1 aromatic heterocycles. The van der Waals surface area contributed by atoms with Crippen LogP contribution in [-0.4, -0.2) is 24.5 Å². The first-order valence-corrected chi connectivity index (χ1v) is 7.16. The lowest BCUT2D eigenvalue weighted by molar-refractivity contribution is -0.120. The number of benzene rings is 1. The van der Waals surface area contributed by atoms with E-state index in [1.807, 2.05) is 42.5 Å². The minimum atomic E-state index is -0.159. The number of nitrogens with zero attached hydrogens (tertiary/aromatic N) is 1. The van der Waals surface area contributed by atoms with Gasteiger partial charge in [-0.2, -0.15) is 0 Å². The van der Waals surface area contributed by atoms with E-state index in [9.17, 15) is 4.79 Å². The number of hydrogen-bond donors (Lipinski definition) is 2. The highest BCUT2D eigenvalue weighted by molar-refractivity contribution is 6.30. The topological polar surface area (TPSA) is 54.0 Å². The van der Waals surface area contributed by atoms with Crippen LogP contribution in [0.25, 0.3) is 0 Å². The van der Waals surface area contributed by atoms with Gasteiger partial charge in [0.25, 0.3) is 0 Å². The van der Waals surface area contributed by atoms with E-state index in [2.05, 4.69) is 15.6 Å². The van der Waals surface area contributed by atoms with E-state index in [1.54, 1.807) is 13.2 Å². The lowest BCUT2D eigenvalue weighted by atomic mass is 10.0. The van der Waals surface area contributed by atoms with Gasteiger partial charge in [0.2, 0.25) is 5.91 Å². The van der Waals surface area contributed by atoms with Gasteiger partial charge in [-0.25, -0.2) is 0 Å². The monoisotopic (exact) mass is 339 g/mol. The van der Waals surface area contributed by atoms with Crippen molar-refractivity contribution in [3.8, 4) is 0 Å². The summed E-state index contributed by atoms with van der Waals surface area (Å²) in [6.07, 6.45) is 2.40. The van der Waals surface area contributed by atoms with Crippen molar-refractivity contribution in [1.82, 2.24) is 15.6 Å². The zero-order valence-electron chi connectivity index (χ0n) is 12.3. The standard InChI is InChI=1S/C16H18ClN3O.ClH/c1-18-11-16(21)20-15(14-4-2-3-9-19-14)10-12-5-7-13(17)8-6-12;/h2-9,15,18H,10-11H2,1H3,(H,20,21);1H. The van der Waals surface area contributed by atoms with E-state index in [-0.39, 0.29) is 30.9 Å². The average molecular weight is 340 g/mol. The predicted molar refractivity (Wildman–Crippen MR) is 91.5 cm³/mol. The van der Waals surface area contributed by atoms with Crippen LogP contribution in [0.4, 0.5) is 0 Å². The van der Waals surface area contributed by atoms with Crippen LogP contribution in [0.15, 0.2) is 48.7 Å². The Morgan fingerprint density at radius 2 is 1.95 bits per heavy atom. The molecule has 1 atom stereocenters. The highest BCUT2D eigenvalue weighted by Gasteiger charge is 2.16. The molecule has 1 amide bonds. The van der Waals surface area contributed by atoms with E-state index in [4.69, 9.17) is 11.6 Å². The minimum Gasteiger partial charge on any atom is -0.346 e. The highest BCUT2D eigenvalue weighted by atomic mass is 35.5. The van der Waals surface area contributed by atoms with Gasteiger partial charge in [0.1, 0.15) is 0 Å². The zero-order chi connectivity index (χ0) is 15.1. The maximum atomic E-state index is 11.8. The molecule has 2 aromatic rings. The molecule has 2 rings (SSSR count). The molecule has 2 N–H and O–H groups in total. The van der Waals surface area contributed by atoms with Crippen LogP contribution in [0.3, 0.4) is 0 Å². The first kappa shape index (κ1) is 18.4. The quantitative estimate of drug-likeness (QED) is 0.850. The van der Waals surface area contributed by atoms with Gasteiger partial charge >= 0.3 is 0 Å². The van der Waals surface area contributed by atoms with Gasteiger partial charge in [-0.1, -0.05) is 29.8 Å². The van der Waals surface area contributed by atoms with Crippen molar-refractivity contribution in [1.29, 1.82) is 0 Å². The minimum absolute atomic E-state index is 0. The number of hydrogen-bond acceptors (Lipinski definition) is 3. The molecule has 1 heterocycles. The third-order valence-corrected chi connectivity index (χ3v) is 3.32. The van der Waals surface area contributed by atoms with Crippen molar-refractivity contribution in [3.05, 3.63) is 64.9 Å². The lowest BCUT2D eigenvalue weighted by Crippen LogP contribution is -2.36. The molecule has 1 unspecified atom stereocenters. The van der Waals surface area contributed by atoms with Gasteiger partial charge in [0.05, 0.1) is 18.3 Å². The molecular weight excluding hydrogens is 321 g/mol. The highest BCUT2D eigenvalue weighted by Crippen LogP contribution is 2.18. The predicted octanol–water partition coefficient (Wildman–Crippen LogP) is 2.78.